The summed E-state index contributed by atoms with van der Waals surface area (Å²) in [4.78, 5) is 10.6. The van der Waals surface area contributed by atoms with Crippen LogP contribution in [0.2, 0.25) is 0 Å². The molecule has 1 N–H and O–H groups in total. The second-order valence-electron chi connectivity index (χ2n) is 1.18. The highest BCUT2D eigenvalue weighted by Crippen LogP contribution is 1.78. The van der Waals surface area contributed by atoms with Gasteiger partial charge in [-0.2, -0.15) is 0 Å². The van der Waals surface area contributed by atoms with Crippen LogP contribution in [0.25, 0.3) is 0 Å². The third-order valence-electron chi connectivity index (χ3n) is 0.666. The van der Waals surface area contributed by atoms with E-state index in [1.165, 1.54) is 18.5 Å². The largest absolute Gasteiger partial charge is 0.296 e. The van der Waals surface area contributed by atoms with Crippen molar-refractivity contribution >= 4 is 0 Å². The van der Waals surface area contributed by atoms with E-state index in [9.17, 15) is 4.91 Å². The van der Waals surface area contributed by atoms with E-state index in [-0.39, 0.29) is 5.03 Å². The zero-order chi connectivity index (χ0) is 5.98. The lowest BCUT2D eigenvalue weighted by Gasteiger charge is -1.75. The molecule has 0 unspecified atom stereocenters. The molecule has 0 saturated carbocycles. The smallest absolute Gasteiger partial charge is 0.261 e. The van der Waals surface area contributed by atoms with Gasteiger partial charge in [-0.05, 0) is 0 Å². The van der Waals surface area contributed by atoms with Crippen LogP contribution in [-0.4, -0.2) is 20.1 Å². The van der Waals surface area contributed by atoms with Crippen LogP contribution in [0.3, 0.4) is 0 Å². The maximum absolute atomic E-state index is 9.88. The Kier molecular flexibility index (Phi) is 0.957. The Labute approximate surface area is 44.7 Å². The lowest BCUT2D eigenvalue weighted by atomic mass is 10.8. The van der Waals surface area contributed by atoms with E-state index in [0.717, 1.165) is 4.79 Å². The summed E-state index contributed by atoms with van der Waals surface area (Å²) in [6.45, 7) is 0. The SMILES string of the molecule is O=[N+](O)n1cccn1. The highest BCUT2D eigenvalue weighted by Gasteiger charge is 2.01. The predicted molar refractivity (Wildman–Crippen MR) is 23.0 cm³/mol. The fraction of sp³-hybridized carbons (Fsp3) is 0. The molecule has 5 nitrogen and oxygen atoms in total. The van der Waals surface area contributed by atoms with Crippen LogP contribution in [0.4, 0.5) is 0 Å². The van der Waals surface area contributed by atoms with Crippen molar-refractivity contribution in [2.45, 2.75) is 0 Å². The monoisotopic (exact) mass is 114 g/mol. The van der Waals surface area contributed by atoms with Crippen molar-refractivity contribution in [3.05, 3.63) is 23.4 Å². The van der Waals surface area contributed by atoms with Gasteiger partial charge >= 0.3 is 0 Å². The predicted octanol–water partition coefficient (Wildman–Crippen LogP) is -0.186. The summed E-state index contributed by atoms with van der Waals surface area (Å²) in [5.41, 5.74) is 0. The molecule has 1 heterocycles. The first kappa shape index (κ1) is 4.76. The van der Waals surface area contributed by atoms with Crippen LogP contribution in [0.5, 0.6) is 0 Å². The summed E-state index contributed by atoms with van der Waals surface area (Å²) >= 11 is 0. The molecule has 0 bridgehead atoms. The van der Waals surface area contributed by atoms with Crippen molar-refractivity contribution in [1.82, 2.24) is 9.89 Å². The average Bonchev–Trinajstić information content (AvgIpc) is 2.12. The van der Waals surface area contributed by atoms with Gasteiger partial charge in [0, 0.05) is 16.1 Å². The molecule has 0 amide bonds. The topological polar surface area (TPSA) is 58.1 Å². The minimum atomic E-state index is -0.361. The summed E-state index contributed by atoms with van der Waals surface area (Å²) in [5, 5.41) is 11.1. The van der Waals surface area contributed by atoms with E-state index in [0.29, 0.717) is 0 Å². The summed E-state index contributed by atoms with van der Waals surface area (Å²) in [5.74, 6) is 0. The Bertz CT molecular complexity index is 180. The second-order valence-corrected chi connectivity index (χ2v) is 1.18. The van der Waals surface area contributed by atoms with E-state index in [1.54, 1.807) is 0 Å². The third-order valence-corrected chi connectivity index (χ3v) is 0.666. The first-order valence-electron chi connectivity index (χ1n) is 1.97. The summed E-state index contributed by atoms with van der Waals surface area (Å²) < 4.78 is 0. The molecular weight excluding hydrogens is 110 g/mol. The fourth-order valence-corrected chi connectivity index (χ4v) is 0.362. The van der Waals surface area contributed by atoms with Crippen LogP contribution < -0.4 is 0 Å². The molecule has 0 atom stereocenters. The van der Waals surface area contributed by atoms with E-state index in [2.05, 4.69) is 5.10 Å². The van der Waals surface area contributed by atoms with Gasteiger partial charge in [0.1, 0.15) is 6.20 Å². The number of rotatable bonds is 1. The Balaban J connectivity index is 2.93. The molecule has 1 rings (SSSR count). The third kappa shape index (κ3) is 0.651. The van der Waals surface area contributed by atoms with Gasteiger partial charge in [-0.1, -0.05) is 0 Å². The number of hydrogen-bond donors (Lipinski definition) is 1. The van der Waals surface area contributed by atoms with Gasteiger partial charge in [0.2, 0.25) is 0 Å². The molecule has 8 heavy (non-hydrogen) atoms. The van der Waals surface area contributed by atoms with Crippen LogP contribution in [0.15, 0.2) is 18.5 Å². The van der Waals surface area contributed by atoms with Crippen molar-refractivity contribution in [1.29, 1.82) is 0 Å². The van der Waals surface area contributed by atoms with Crippen molar-refractivity contribution in [3.8, 4) is 0 Å². The minimum Gasteiger partial charge on any atom is -0.296 e. The molecule has 0 fully saturated rings. The summed E-state index contributed by atoms with van der Waals surface area (Å²) in [6.07, 6.45) is 2.72. The van der Waals surface area contributed by atoms with Crippen LogP contribution in [0.1, 0.15) is 0 Å². The van der Waals surface area contributed by atoms with Crippen LogP contribution >= 0.6 is 0 Å². The van der Waals surface area contributed by atoms with E-state index >= 15 is 0 Å². The second kappa shape index (κ2) is 1.61. The molecule has 42 valence electrons. The Morgan fingerprint density at radius 1 is 1.75 bits per heavy atom. The van der Waals surface area contributed by atoms with Crippen molar-refractivity contribution in [2.75, 3.05) is 0 Å². The Morgan fingerprint density at radius 2 is 2.50 bits per heavy atom. The highest BCUT2D eigenvalue weighted by atomic mass is 16.7. The summed E-state index contributed by atoms with van der Waals surface area (Å²) in [7, 11) is 0. The van der Waals surface area contributed by atoms with Gasteiger partial charge in [0.15, 0.2) is 6.20 Å². The number of nitrogens with zero attached hydrogens (tertiary/aromatic N) is 3. The molecule has 0 saturated heterocycles. The van der Waals surface area contributed by atoms with Crippen molar-refractivity contribution in [2.24, 2.45) is 0 Å². The molecule has 5 heteroatoms. The van der Waals surface area contributed by atoms with Gasteiger partial charge in [0.05, 0.1) is 4.79 Å². The van der Waals surface area contributed by atoms with Crippen molar-refractivity contribution in [3.63, 3.8) is 0 Å². The van der Waals surface area contributed by atoms with Gasteiger partial charge in [0.25, 0.3) is 5.03 Å². The molecule has 1 aromatic heterocycles. The minimum absolute atomic E-state index is 0.361. The van der Waals surface area contributed by atoms with Crippen molar-refractivity contribution < 1.29 is 10.2 Å². The molecule has 1 aromatic rings. The van der Waals surface area contributed by atoms with Gasteiger partial charge in [-0.3, -0.25) is 5.21 Å². The fourth-order valence-electron chi connectivity index (χ4n) is 0.362. The normalized spacial score (nSPS) is 9.00. The quantitative estimate of drug-likeness (QED) is 0.515. The Hall–Kier alpha value is -1.39. The molecule has 0 aromatic carbocycles. The molecular formula is C3H4N3O2+. The molecule has 0 aliphatic heterocycles. The maximum atomic E-state index is 9.88. The van der Waals surface area contributed by atoms with Crippen LogP contribution in [-0.2, 0) is 0 Å². The van der Waals surface area contributed by atoms with E-state index in [1.807, 2.05) is 0 Å². The standard InChI is InChI=1S/C3H4N3O2/c7-6(8)5-3-1-2-4-5/h1-3H,(H,7,8)/q+1. The van der Waals surface area contributed by atoms with Crippen LogP contribution in [0, 0.1) is 4.91 Å². The lowest BCUT2D eigenvalue weighted by molar-refractivity contribution is -0.838. The molecule has 0 spiro atoms. The van der Waals surface area contributed by atoms with Gasteiger partial charge < -0.3 is 0 Å². The Morgan fingerprint density at radius 3 is 2.75 bits per heavy atom. The zero-order valence-corrected chi connectivity index (χ0v) is 3.93. The average molecular weight is 114 g/mol. The first-order chi connectivity index (χ1) is 3.80. The number of hydrogen-bond acceptors (Lipinski definition) is 2. The van der Waals surface area contributed by atoms with E-state index in [4.69, 9.17) is 5.21 Å². The highest BCUT2D eigenvalue weighted by molar-refractivity contribution is 4.74. The lowest BCUT2D eigenvalue weighted by Crippen LogP contribution is -2.10. The molecule has 0 aliphatic carbocycles. The molecule has 0 radical (unpaired) electrons. The van der Waals surface area contributed by atoms with E-state index < -0.39 is 0 Å². The molecule has 0 aliphatic rings. The van der Waals surface area contributed by atoms with Gasteiger partial charge in [-0.15, -0.1) is 0 Å². The summed E-state index contributed by atoms with van der Waals surface area (Å²) in [6, 6.07) is 1.53. The van der Waals surface area contributed by atoms with Gasteiger partial charge in [-0.25, -0.2) is 0 Å². The zero-order valence-electron chi connectivity index (χ0n) is 3.93. The first-order valence-corrected chi connectivity index (χ1v) is 1.97. The number of aromatic nitrogens is 2. The maximum Gasteiger partial charge on any atom is 0.261 e.